The Labute approximate surface area is 170 Å². The normalized spacial score (nSPS) is 19.7. The van der Waals surface area contributed by atoms with E-state index in [0.29, 0.717) is 26.1 Å². The van der Waals surface area contributed by atoms with Gasteiger partial charge in [0, 0.05) is 26.2 Å². The van der Waals surface area contributed by atoms with Crippen LogP contribution in [0.2, 0.25) is 0 Å². The molecule has 29 heavy (non-hydrogen) atoms. The van der Waals surface area contributed by atoms with Crippen molar-refractivity contribution < 1.29 is 17.9 Å². The molecular formula is C21H21N3O4S. The van der Waals surface area contributed by atoms with Gasteiger partial charge in [0.05, 0.1) is 16.4 Å². The molecule has 2 aromatic rings. The van der Waals surface area contributed by atoms with E-state index in [2.05, 4.69) is 0 Å². The van der Waals surface area contributed by atoms with Gasteiger partial charge in [0.25, 0.3) is 0 Å². The van der Waals surface area contributed by atoms with Gasteiger partial charge in [0.15, 0.2) is 0 Å². The number of amides is 1. The van der Waals surface area contributed by atoms with E-state index in [9.17, 15) is 18.5 Å². The van der Waals surface area contributed by atoms with E-state index in [1.165, 1.54) is 16.4 Å². The molecule has 0 saturated carbocycles. The lowest BCUT2D eigenvalue weighted by Gasteiger charge is -2.36. The molecule has 150 valence electrons. The number of hydrogen-bond donors (Lipinski definition) is 0. The van der Waals surface area contributed by atoms with E-state index in [4.69, 9.17) is 4.74 Å². The second-order valence-corrected chi connectivity index (χ2v) is 9.06. The number of nitrogens with zero attached hydrogens (tertiary/aromatic N) is 3. The van der Waals surface area contributed by atoms with Crippen LogP contribution in [0.15, 0.2) is 53.4 Å². The minimum Gasteiger partial charge on any atom is -0.492 e. The molecule has 0 N–H and O–H groups in total. The zero-order valence-electron chi connectivity index (χ0n) is 15.8. The molecule has 1 fully saturated rings. The molecule has 1 saturated heterocycles. The first-order valence-electron chi connectivity index (χ1n) is 9.49. The van der Waals surface area contributed by atoms with Gasteiger partial charge in [-0.05, 0) is 30.2 Å². The summed E-state index contributed by atoms with van der Waals surface area (Å²) in [5.41, 5.74) is 1.15. The monoisotopic (exact) mass is 411 g/mol. The lowest BCUT2D eigenvalue weighted by Crippen LogP contribution is -2.53. The molecule has 2 aromatic carbocycles. The Morgan fingerprint density at radius 1 is 1.03 bits per heavy atom. The highest BCUT2D eigenvalue weighted by Gasteiger charge is 2.35. The molecule has 7 nitrogen and oxygen atoms in total. The van der Waals surface area contributed by atoms with Crippen molar-refractivity contribution in [3.05, 3.63) is 59.7 Å². The van der Waals surface area contributed by atoms with Crippen LogP contribution in [0.25, 0.3) is 0 Å². The average molecular weight is 411 g/mol. The first-order chi connectivity index (χ1) is 14.0. The number of nitriles is 1. The Bertz CT molecular complexity index is 1070. The number of piperazine rings is 1. The Hall–Kier alpha value is -2.89. The van der Waals surface area contributed by atoms with Crippen LogP contribution >= 0.6 is 0 Å². The third-order valence-electron chi connectivity index (χ3n) is 5.40. The van der Waals surface area contributed by atoms with Crippen LogP contribution in [0.1, 0.15) is 11.1 Å². The zero-order chi connectivity index (χ0) is 20.4. The first-order valence-corrected chi connectivity index (χ1v) is 10.9. The number of carbonyl (C=O) groups excluding carboxylic acids is 1. The SMILES string of the molecule is N#Cc1ccccc1S(=O)(=O)N1CCN(C(=O)[C@@H]2COc3ccccc3C2)CC1. The number of para-hydroxylation sites is 1. The van der Waals surface area contributed by atoms with Crippen LogP contribution in [-0.4, -0.2) is 56.3 Å². The molecule has 2 aliphatic rings. The second-order valence-electron chi connectivity index (χ2n) is 7.16. The minimum absolute atomic E-state index is 0.00558. The second kappa shape index (κ2) is 7.85. The van der Waals surface area contributed by atoms with Crippen LogP contribution < -0.4 is 4.74 Å². The fourth-order valence-corrected chi connectivity index (χ4v) is 5.38. The minimum atomic E-state index is -3.77. The summed E-state index contributed by atoms with van der Waals surface area (Å²) in [6, 6.07) is 15.8. The highest BCUT2D eigenvalue weighted by atomic mass is 32.2. The maximum atomic E-state index is 12.9. The molecule has 0 unspecified atom stereocenters. The van der Waals surface area contributed by atoms with Gasteiger partial charge in [-0.15, -0.1) is 0 Å². The lowest BCUT2D eigenvalue weighted by molar-refractivity contribution is -0.138. The van der Waals surface area contributed by atoms with Crippen molar-refractivity contribution in [2.24, 2.45) is 5.92 Å². The Kier molecular flexibility index (Phi) is 5.26. The number of ether oxygens (including phenoxy) is 1. The van der Waals surface area contributed by atoms with E-state index < -0.39 is 10.0 Å². The van der Waals surface area contributed by atoms with Gasteiger partial charge in [-0.3, -0.25) is 4.79 Å². The van der Waals surface area contributed by atoms with Crippen molar-refractivity contribution in [3.63, 3.8) is 0 Å². The van der Waals surface area contributed by atoms with Crippen LogP contribution in [0.4, 0.5) is 0 Å². The third-order valence-corrected chi connectivity index (χ3v) is 7.36. The van der Waals surface area contributed by atoms with Crippen LogP contribution in [0, 0.1) is 17.2 Å². The van der Waals surface area contributed by atoms with Gasteiger partial charge in [-0.25, -0.2) is 8.42 Å². The first kappa shape index (κ1) is 19.4. The molecule has 0 spiro atoms. The Balaban J connectivity index is 1.42. The molecule has 1 amide bonds. The highest BCUT2D eigenvalue weighted by molar-refractivity contribution is 7.89. The van der Waals surface area contributed by atoms with Crippen molar-refractivity contribution in [3.8, 4) is 11.8 Å². The van der Waals surface area contributed by atoms with Crippen molar-refractivity contribution >= 4 is 15.9 Å². The topological polar surface area (TPSA) is 90.7 Å². The summed E-state index contributed by atoms with van der Waals surface area (Å²) < 4.78 is 32.9. The smallest absolute Gasteiger partial charge is 0.244 e. The Morgan fingerprint density at radius 2 is 1.72 bits per heavy atom. The van der Waals surface area contributed by atoms with Crippen molar-refractivity contribution in [1.82, 2.24) is 9.21 Å². The van der Waals surface area contributed by atoms with E-state index in [1.54, 1.807) is 17.0 Å². The summed E-state index contributed by atoms with van der Waals surface area (Å²) in [7, 11) is -3.77. The number of sulfonamides is 1. The predicted molar refractivity (Wildman–Crippen MR) is 106 cm³/mol. The average Bonchev–Trinajstić information content (AvgIpc) is 2.78. The third kappa shape index (κ3) is 3.71. The van der Waals surface area contributed by atoms with E-state index in [1.807, 2.05) is 30.3 Å². The standard InChI is InChI=1S/C21H21N3O4S/c22-14-17-6-2-4-8-20(17)29(26,27)24-11-9-23(10-12-24)21(25)18-13-16-5-1-3-7-19(16)28-15-18/h1-8,18H,9-13,15H2/t18-/m0/s1. The summed E-state index contributed by atoms with van der Waals surface area (Å²) in [6.45, 7) is 1.40. The maximum absolute atomic E-state index is 12.9. The molecule has 2 aliphatic heterocycles. The molecule has 0 radical (unpaired) electrons. The summed E-state index contributed by atoms with van der Waals surface area (Å²) in [5.74, 6) is 0.560. The molecule has 0 aliphatic carbocycles. The quantitative estimate of drug-likeness (QED) is 0.766. The zero-order valence-corrected chi connectivity index (χ0v) is 16.6. The summed E-state index contributed by atoms with van der Waals surface area (Å²) in [4.78, 5) is 14.7. The van der Waals surface area contributed by atoms with Gasteiger partial charge >= 0.3 is 0 Å². The van der Waals surface area contributed by atoms with Gasteiger partial charge in [-0.2, -0.15) is 9.57 Å². The number of carbonyl (C=O) groups is 1. The van der Waals surface area contributed by atoms with Crippen LogP contribution in [-0.2, 0) is 21.2 Å². The number of fused-ring (bicyclic) bond motifs is 1. The molecule has 0 aromatic heterocycles. The molecule has 0 bridgehead atoms. The highest BCUT2D eigenvalue weighted by Crippen LogP contribution is 2.28. The molecule has 8 heteroatoms. The van der Waals surface area contributed by atoms with Gasteiger partial charge in [0.2, 0.25) is 15.9 Å². The summed E-state index contributed by atoms with van der Waals surface area (Å²) in [5, 5.41) is 9.21. The number of rotatable bonds is 3. The van der Waals surface area contributed by atoms with Gasteiger partial charge in [-0.1, -0.05) is 30.3 Å². The van der Waals surface area contributed by atoms with Crippen LogP contribution in [0.3, 0.4) is 0 Å². The maximum Gasteiger partial charge on any atom is 0.244 e. The van der Waals surface area contributed by atoms with Crippen LogP contribution in [0.5, 0.6) is 5.75 Å². The van der Waals surface area contributed by atoms with E-state index in [0.717, 1.165) is 11.3 Å². The van der Waals surface area contributed by atoms with Crippen molar-refractivity contribution in [2.75, 3.05) is 32.8 Å². The van der Waals surface area contributed by atoms with Crippen molar-refractivity contribution in [1.29, 1.82) is 5.26 Å². The Morgan fingerprint density at radius 3 is 2.48 bits per heavy atom. The molecule has 2 heterocycles. The van der Waals surface area contributed by atoms with Gasteiger partial charge in [0.1, 0.15) is 18.4 Å². The largest absolute Gasteiger partial charge is 0.492 e. The predicted octanol–water partition coefficient (Wildman–Crippen LogP) is 1.64. The number of benzene rings is 2. The van der Waals surface area contributed by atoms with E-state index in [-0.39, 0.29) is 35.4 Å². The molecule has 4 rings (SSSR count). The lowest BCUT2D eigenvalue weighted by atomic mass is 9.95. The van der Waals surface area contributed by atoms with E-state index >= 15 is 0 Å². The molecular weight excluding hydrogens is 390 g/mol. The fraction of sp³-hybridized carbons (Fsp3) is 0.333. The molecule has 1 atom stereocenters. The number of hydrogen-bond acceptors (Lipinski definition) is 5. The van der Waals surface area contributed by atoms with Gasteiger partial charge < -0.3 is 9.64 Å². The van der Waals surface area contributed by atoms with Crippen molar-refractivity contribution in [2.45, 2.75) is 11.3 Å². The summed E-state index contributed by atoms with van der Waals surface area (Å²) in [6.07, 6.45) is 0.628. The fourth-order valence-electron chi connectivity index (χ4n) is 3.82. The summed E-state index contributed by atoms with van der Waals surface area (Å²) >= 11 is 0.